The minimum Gasteiger partial charge on any atom is -0.480 e. The van der Waals surface area contributed by atoms with Crippen molar-refractivity contribution in [2.24, 2.45) is 0 Å². The molecule has 0 fully saturated rings. The van der Waals surface area contributed by atoms with Crippen LogP contribution >= 0.6 is 0 Å². The van der Waals surface area contributed by atoms with Crippen LogP contribution < -0.4 is 5.32 Å². The van der Waals surface area contributed by atoms with E-state index in [1.807, 2.05) is 19.9 Å². The minimum absolute atomic E-state index is 0.411. The molecule has 21 heavy (non-hydrogen) atoms. The Hall–Kier alpha value is -2.63. The van der Waals surface area contributed by atoms with E-state index in [0.29, 0.717) is 5.56 Å². The highest BCUT2D eigenvalue weighted by Crippen LogP contribution is 2.13. The van der Waals surface area contributed by atoms with E-state index in [0.717, 1.165) is 17.1 Å². The van der Waals surface area contributed by atoms with Crippen molar-refractivity contribution in [1.29, 1.82) is 0 Å². The number of nitrogens with zero attached hydrogens (tertiary/aromatic N) is 2. The fourth-order valence-electron chi connectivity index (χ4n) is 1.99. The predicted octanol–water partition coefficient (Wildman–Crippen LogP) is 1.69. The third-order valence-corrected chi connectivity index (χ3v) is 3.10. The van der Waals surface area contributed by atoms with E-state index in [4.69, 9.17) is 5.11 Å². The lowest BCUT2D eigenvalue weighted by Crippen LogP contribution is -2.38. The van der Waals surface area contributed by atoms with Crippen LogP contribution in [0.3, 0.4) is 0 Å². The molecule has 1 amide bonds. The van der Waals surface area contributed by atoms with Gasteiger partial charge in [-0.05, 0) is 51.1 Å². The van der Waals surface area contributed by atoms with Crippen LogP contribution in [0.15, 0.2) is 30.3 Å². The van der Waals surface area contributed by atoms with Gasteiger partial charge in [0.2, 0.25) is 0 Å². The van der Waals surface area contributed by atoms with E-state index in [1.165, 1.54) is 6.92 Å². The molecule has 1 heterocycles. The molecule has 0 aliphatic carbocycles. The molecular weight excluding hydrogens is 270 g/mol. The number of aliphatic carboxylic acids is 1. The standard InChI is InChI=1S/C15H17N3O3/c1-9-8-10(2)18(17-9)13-6-4-12(5-7-13)14(19)16-11(3)15(20)21/h4-8,11H,1-3H3,(H,16,19)(H,20,21). The summed E-state index contributed by atoms with van der Waals surface area (Å²) in [5.41, 5.74) is 3.19. The SMILES string of the molecule is Cc1cc(C)n(-c2ccc(C(=O)NC(C)C(=O)O)cc2)n1. The van der Waals surface area contributed by atoms with Crippen LogP contribution in [0, 0.1) is 13.8 Å². The number of carboxylic acids is 1. The van der Waals surface area contributed by atoms with Crippen molar-refractivity contribution in [3.05, 3.63) is 47.3 Å². The number of amides is 1. The number of hydrogen-bond acceptors (Lipinski definition) is 3. The van der Waals surface area contributed by atoms with Crippen molar-refractivity contribution in [2.45, 2.75) is 26.8 Å². The van der Waals surface area contributed by atoms with E-state index in [-0.39, 0.29) is 0 Å². The molecule has 1 atom stereocenters. The quantitative estimate of drug-likeness (QED) is 0.896. The number of aryl methyl sites for hydroxylation is 2. The van der Waals surface area contributed by atoms with Crippen molar-refractivity contribution in [3.8, 4) is 5.69 Å². The van der Waals surface area contributed by atoms with Crippen molar-refractivity contribution in [2.75, 3.05) is 0 Å². The maximum atomic E-state index is 11.9. The van der Waals surface area contributed by atoms with Gasteiger partial charge >= 0.3 is 5.97 Å². The number of nitrogens with one attached hydrogen (secondary N) is 1. The number of hydrogen-bond donors (Lipinski definition) is 2. The first-order chi connectivity index (χ1) is 9.88. The summed E-state index contributed by atoms with van der Waals surface area (Å²) in [4.78, 5) is 22.6. The highest BCUT2D eigenvalue weighted by atomic mass is 16.4. The van der Waals surface area contributed by atoms with Crippen LogP contribution in [0.5, 0.6) is 0 Å². The smallest absolute Gasteiger partial charge is 0.325 e. The lowest BCUT2D eigenvalue weighted by molar-refractivity contribution is -0.138. The number of carbonyl (C=O) groups excluding carboxylic acids is 1. The maximum absolute atomic E-state index is 11.9. The molecule has 6 nitrogen and oxygen atoms in total. The summed E-state index contributed by atoms with van der Waals surface area (Å²) >= 11 is 0. The lowest BCUT2D eigenvalue weighted by atomic mass is 10.2. The van der Waals surface area contributed by atoms with Crippen LogP contribution in [0.25, 0.3) is 5.69 Å². The lowest BCUT2D eigenvalue weighted by Gasteiger charge is -2.10. The monoisotopic (exact) mass is 287 g/mol. The topological polar surface area (TPSA) is 84.2 Å². The van der Waals surface area contributed by atoms with E-state index >= 15 is 0 Å². The zero-order valence-electron chi connectivity index (χ0n) is 12.1. The Morgan fingerprint density at radius 3 is 2.33 bits per heavy atom. The average molecular weight is 287 g/mol. The molecule has 0 saturated carbocycles. The van der Waals surface area contributed by atoms with Gasteiger partial charge in [0.15, 0.2) is 0 Å². The normalized spacial score (nSPS) is 12.0. The molecule has 0 spiro atoms. The number of rotatable bonds is 4. The Balaban J connectivity index is 2.17. The molecule has 1 aromatic carbocycles. The first-order valence-electron chi connectivity index (χ1n) is 6.56. The Bertz CT molecular complexity index is 674. The van der Waals surface area contributed by atoms with E-state index in [1.54, 1.807) is 28.9 Å². The highest BCUT2D eigenvalue weighted by Gasteiger charge is 2.15. The van der Waals surface area contributed by atoms with Gasteiger partial charge in [-0.1, -0.05) is 0 Å². The number of carboxylic acid groups (broad SMARTS) is 1. The molecule has 2 rings (SSSR count). The predicted molar refractivity (Wildman–Crippen MR) is 77.6 cm³/mol. The Kier molecular flexibility index (Phi) is 4.07. The second-order valence-electron chi connectivity index (χ2n) is 4.92. The van der Waals surface area contributed by atoms with Gasteiger partial charge < -0.3 is 10.4 Å². The summed E-state index contributed by atoms with van der Waals surface area (Å²) in [6.07, 6.45) is 0. The molecule has 6 heteroatoms. The fourth-order valence-corrected chi connectivity index (χ4v) is 1.99. The molecule has 0 aliphatic heterocycles. The molecule has 0 aliphatic rings. The summed E-state index contributed by atoms with van der Waals surface area (Å²) in [6, 6.07) is 7.90. The summed E-state index contributed by atoms with van der Waals surface area (Å²) in [5.74, 6) is -1.48. The molecule has 0 radical (unpaired) electrons. The highest BCUT2D eigenvalue weighted by molar-refractivity contribution is 5.96. The van der Waals surface area contributed by atoms with Crippen LogP contribution in [0.4, 0.5) is 0 Å². The van der Waals surface area contributed by atoms with Crippen molar-refractivity contribution >= 4 is 11.9 Å². The molecule has 0 bridgehead atoms. The zero-order chi connectivity index (χ0) is 15.6. The largest absolute Gasteiger partial charge is 0.480 e. The van der Waals surface area contributed by atoms with Crippen molar-refractivity contribution in [3.63, 3.8) is 0 Å². The summed E-state index contributed by atoms with van der Waals surface area (Å²) < 4.78 is 1.79. The van der Waals surface area contributed by atoms with Crippen LogP contribution in [-0.2, 0) is 4.79 Å². The first kappa shape index (κ1) is 14.8. The van der Waals surface area contributed by atoms with E-state index in [2.05, 4.69) is 10.4 Å². The molecular formula is C15H17N3O3. The summed E-state index contributed by atoms with van der Waals surface area (Å²) in [6.45, 7) is 5.29. The second kappa shape index (κ2) is 5.78. The van der Waals surface area contributed by atoms with E-state index < -0.39 is 17.9 Å². The number of carbonyl (C=O) groups is 2. The van der Waals surface area contributed by atoms with Gasteiger partial charge in [0.05, 0.1) is 11.4 Å². The Labute approximate surface area is 122 Å². The third-order valence-electron chi connectivity index (χ3n) is 3.10. The van der Waals surface area contributed by atoms with Gasteiger partial charge in [-0.25, -0.2) is 4.68 Å². The molecule has 1 aromatic heterocycles. The number of aromatic nitrogens is 2. The van der Waals surface area contributed by atoms with Crippen molar-refractivity contribution in [1.82, 2.24) is 15.1 Å². The van der Waals surface area contributed by atoms with Crippen molar-refractivity contribution < 1.29 is 14.7 Å². The maximum Gasteiger partial charge on any atom is 0.325 e. The molecule has 2 aromatic rings. The third kappa shape index (κ3) is 3.28. The van der Waals surface area contributed by atoms with Gasteiger partial charge in [0.1, 0.15) is 6.04 Å². The molecule has 110 valence electrons. The number of benzene rings is 1. The fraction of sp³-hybridized carbons (Fsp3) is 0.267. The Morgan fingerprint density at radius 2 is 1.86 bits per heavy atom. The van der Waals surface area contributed by atoms with E-state index in [9.17, 15) is 9.59 Å². The van der Waals surface area contributed by atoms with Gasteiger partial charge in [-0.3, -0.25) is 9.59 Å². The second-order valence-corrected chi connectivity index (χ2v) is 4.92. The van der Waals surface area contributed by atoms with Crippen LogP contribution in [-0.4, -0.2) is 32.8 Å². The Morgan fingerprint density at radius 1 is 1.24 bits per heavy atom. The van der Waals surface area contributed by atoms with Crippen LogP contribution in [0.2, 0.25) is 0 Å². The van der Waals surface area contributed by atoms with Crippen LogP contribution in [0.1, 0.15) is 28.7 Å². The van der Waals surface area contributed by atoms with Gasteiger partial charge in [-0.2, -0.15) is 5.10 Å². The summed E-state index contributed by atoms with van der Waals surface area (Å²) in [7, 11) is 0. The molecule has 2 N–H and O–H groups in total. The molecule has 0 saturated heterocycles. The molecule has 1 unspecified atom stereocenters. The zero-order valence-corrected chi connectivity index (χ0v) is 12.1. The first-order valence-corrected chi connectivity index (χ1v) is 6.56. The minimum atomic E-state index is -1.07. The van der Waals surface area contributed by atoms with Gasteiger partial charge in [0.25, 0.3) is 5.91 Å². The van der Waals surface area contributed by atoms with Gasteiger partial charge in [-0.15, -0.1) is 0 Å². The summed E-state index contributed by atoms with van der Waals surface area (Å²) in [5, 5.41) is 15.6. The average Bonchev–Trinajstić information content (AvgIpc) is 2.77. The van der Waals surface area contributed by atoms with Gasteiger partial charge in [0, 0.05) is 11.3 Å².